The second kappa shape index (κ2) is 8.56. The van der Waals surface area contributed by atoms with Crippen LogP contribution in [0, 0.1) is 12.8 Å². The monoisotopic (exact) mass is 373 g/mol. The van der Waals surface area contributed by atoms with Gasteiger partial charge in [-0.3, -0.25) is 9.69 Å². The highest BCUT2D eigenvalue weighted by atomic mass is 35.5. The fraction of sp³-hybridized carbons (Fsp3) is 0.381. The maximum atomic E-state index is 11.3. The zero-order chi connectivity index (χ0) is 18.5. The molecule has 0 aliphatic carbocycles. The normalized spacial score (nSPS) is 17.8. The maximum absolute atomic E-state index is 11.3. The molecule has 1 aliphatic rings. The largest absolute Gasteiger partial charge is 0.489 e. The van der Waals surface area contributed by atoms with Gasteiger partial charge >= 0.3 is 5.97 Å². The van der Waals surface area contributed by atoms with Gasteiger partial charge in [-0.2, -0.15) is 0 Å². The lowest BCUT2D eigenvalue weighted by Crippen LogP contribution is -2.38. The van der Waals surface area contributed by atoms with Crippen molar-refractivity contribution in [3.05, 3.63) is 64.2 Å². The SMILES string of the molecule is Cc1cc(OCc2ccccc2)c(CN2CCCC(C(=O)O)C2)cc1Cl. The molecule has 5 heteroatoms. The number of benzene rings is 2. The fourth-order valence-corrected chi connectivity index (χ4v) is 3.52. The van der Waals surface area contributed by atoms with E-state index in [0.29, 0.717) is 24.7 Å². The molecule has 1 unspecified atom stereocenters. The molecule has 1 N–H and O–H groups in total. The Morgan fingerprint density at radius 1 is 1.31 bits per heavy atom. The number of hydrogen-bond acceptors (Lipinski definition) is 3. The van der Waals surface area contributed by atoms with E-state index in [1.54, 1.807) is 0 Å². The number of rotatable bonds is 6. The first-order valence-electron chi connectivity index (χ1n) is 8.94. The first-order chi connectivity index (χ1) is 12.5. The molecular weight excluding hydrogens is 350 g/mol. The third-order valence-electron chi connectivity index (χ3n) is 4.83. The Hall–Kier alpha value is -2.04. The number of carbonyl (C=O) groups is 1. The van der Waals surface area contributed by atoms with Crippen LogP contribution in [-0.2, 0) is 17.9 Å². The van der Waals surface area contributed by atoms with E-state index in [1.165, 1.54) is 0 Å². The maximum Gasteiger partial charge on any atom is 0.307 e. The number of aryl methyl sites for hydroxylation is 1. The molecule has 0 spiro atoms. The average molecular weight is 374 g/mol. The quantitative estimate of drug-likeness (QED) is 0.808. The Morgan fingerprint density at radius 2 is 2.08 bits per heavy atom. The van der Waals surface area contributed by atoms with E-state index < -0.39 is 5.97 Å². The zero-order valence-electron chi connectivity index (χ0n) is 15.0. The molecule has 4 nitrogen and oxygen atoms in total. The van der Waals surface area contributed by atoms with Crippen LogP contribution < -0.4 is 4.74 Å². The number of hydrogen-bond donors (Lipinski definition) is 1. The van der Waals surface area contributed by atoms with Crippen LogP contribution in [0.15, 0.2) is 42.5 Å². The number of halogens is 1. The first kappa shape index (κ1) is 18.7. The van der Waals surface area contributed by atoms with Crippen molar-refractivity contribution in [1.29, 1.82) is 0 Å². The van der Waals surface area contributed by atoms with Crippen LogP contribution >= 0.6 is 11.6 Å². The van der Waals surface area contributed by atoms with Gasteiger partial charge in [-0.25, -0.2) is 0 Å². The molecule has 0 radical (unpaired) electrons. The average Bonchev–Trinajstić information content (AvgIpc) is 2.64. The van der Waals surface area contributed by atoms with E-state index in [4.69, 9.17) is 16.3 Å². The summed E-state index contributed by atoms with van der Waals surface area (Å²) in [6.45, 7) is 4.57. The van der Waals surface area contributed by atoms with Gasteiger partial charge in [-0.15, -0.1) is 0 Å². The lowest BCUT2D eigenvalue weighted by molar-refractivity contribution is -0.143. The van der Waals surface area contributed by atoms with Crippen LogP contribution in [-0.4, -0.2) is 29.1 Å². The minimum Gasteiger partial charge on any atom is -0.489 e. The molecule has 2 aromatic rings. The molecule has 1 saturated heterocycles. The molecule has 1 aliphatic heterocycles. The number of carboxylic acids is 1. The Labute approximate surface area is 159 Å². The van der Waals surface area contributed by atoms with Crippen molar-refractivity contribution in [2.45, 2.75) is 32.9 Å². The molecule has 138 valence electrons. The smallest absolute Gasteiger partial charge is 0.307 e. The van der Waals surface area contributed by atoms with Gasteiger partial charge in [0.1, 0.15) is 12.4 Å². The number of nitrogens with zero attached hydrogens (tertiary/aromatic N) is 1. The van der Waals surface area contributed by atoms with Crippen LogP contribution in [0.4, 0.5) is 0 Å². The van der Waals surface area contributed by atoms with Gasteiger partial charge in [0.25, 0.3) is 0 Å². The number of likely N-dealkylation sites (tertiary alicyclic amines) is 1. The highest BCUT2D eigenvalue weighted by Gasteiger charge is 2.26. The summed E-state index contributed by atoms with van der Waals surface area (Å²) in [5.74, 6) is -0.191. The minimum atomic E-state index is -0.711. The van der Waals surface area contributed by atoms with Crippen molar-refractivity contribution >= 4 is 17.6 Å². The predicted molar refractivity (Wildman–Crippen MR) is 103 cm³/mol. The Kier molecular flexibility index (Phi) is 6.17. The summed E-state index contributed by atoms with van der Waals surface area (Å²) in [7, 11) is 0. The molecule has 0 aromatic heterocycles. The number of ether oxygens (including phenoxy) is 1. The van der Waals surface area contributed by atoms with Crippen molar-refractivity contribution in [3.8, 4) is 5.75 Å². The first-order valence-corrected chi connectivity index (χ1v) is 9.31. The topological polar surface area (TPSA) is 49.8 Å². The Morgan fingerprint density at radius 3 is 2.81 bits per heavy atom. The minimum absolute atomic E-state index is 0.293. The highest BCUT2D eigenvalue weighted by Crippen LogP contribution is 2.30. The van der Waals surface area contributed by atoms with Crippen LogP contribution in [0.5, 0.6) is 5.75 Å². The lowest BCUT2D eigenvalue weighted by atomic mass is 9.97. The second-order valence-corrected chi connectivity index (χ2v) is 7.30. The molecule has 1 heterocycles. The van der Waals surface area contributed by atoms with Crippen molar-refractivity contribution in [3.63, 3.8) is 0 Å². The van der Waals surface area contributed by atoms with E-state index in [-0.39, 0.29) is 5.92 Å². The van der Waals surface area contributed by atoms with Crippen LogP contribution in [0.1, 0.15) is 29.5 Å². The van der Waals surface area contributed by atoms with Gasteiger partial charge in [0.15, 0.2) is 0 Å². The van der Waals surface area contributed by atoms with Crippen LogP contribution in [0.3, 0.4) is 0 Å². The van der Waals surface area contributed by atoms with E-state index >= 15 is 0 Å². The van der Waals surface area contributed by atoms with Crippen molar-refractivity contribution in [1.82, 2.24) is 4.90 Å². The summed E-state index contributed by atoms with van der Waals surface area (Å²) in [5, 5.41) is 10.0. The second-order valence-electron chi connectivity index (χ2n) is 6.90. The summed E-state index contributed by atoms with van der Waals surface area (Å²) in [5.41, 5.74) is 3.08. The van der Waals surface area contributed by atoms with E-state index in [9.17, 15) is 9.90 Å². The highest BCUT2D eigenvalue weighted by molar-refractivity contribution is 6.31. The third-order valence-corrected chi connectivity index (χ3v) is 5.23. The van der Waals surface area contributed by atoms with E-state index in [2.05, 4.69) is 4.90 Å². The predicted octanol–water partition coefficient (Wildman–Crippen LogP) is 4.52. The molecule has 2 aromatic carbocycles. The standard InChI is InChI=1S/C21H24ClNO3/c1-15-10-20(26-14-16-6-3-2-4-7-16)18(11-19(15)22)13-23-9-5-8-17(12-23)21(24)25/h2-4,6-7,10-11,17H,5,8-9,12-14H2,1H3,(H,24,25). The third kappa shape index (κ3) is 4.77. The molecule has 1 atom stereocenters. The Bertz CT molecular complexity index is 763. The summed E-state index contributed by atoms with van der Waals surface area (Å²) in [4.78, 5) is 13.5. The van der Waals surface area contributed by atoms with Gasteiger partial charge in [0.2, 0.25) is 0 Å². The fourth-order valence-electron chi connectivity index (χ4n) is 3.33. The van der Waals surface area contributed by atoms with Gasteiger partial charge in [-0.05, 0) is 49.6 Å². The van der Waals surface area contributed by atoms with Crippen molar-refractivity contribution < 1.29 is 14.6 Å². The van der Waals surface area contributed by atoms with E-state index in [1.807, 2.05) is 49.4 Å². The molecule has 0 saturated carbocycles. The van der Waals surface area contributed by atoms with Gasteiger partial charge < -0.3 is 9.84 Å². The zero-order valence-corrected chi connectivity index (χ0v) is 15.7. The van der Waals surface area contributed by atoms with Crippen LogP contribution in [0.25, 0.3) is 0 Å². The summed E-state index contributed by atoms with van der Waals surface area (Å²) in [6, 6.07) is 13.9. The molecule has 0 amide bonds. The molecule has 1 fully saturated rings. The van der Waals surface area contributed by atoms with Crippen molar-refractivity contribution in [2.75, 3.05) is 13.1 Å². The summed E-state index contributed by atoms with van der Waals surface area (Å²) >= 11 is 6.33. The van der Waals surface area contributed by atoms with Gasteiger partial charge in [0.05, 0.1) is 5.92 Å². The van der Waals surface area contributed by atoms with Crippen molar-refractivity contribution in [2.24, 2.45) is 5.92 Å². The lowest BCUT2D eigenvalue weighted by Gasteiger charge is -2.31. The Balaban J connectivity index is 1.75. The van der Waals surface area contributed by atoms with Crippen LogP contribution in [0.2, 0.25) is 5.02 Å². The summed E-state index contributed by atoms with van der Waals surface area (Å²) < 4.78 is 6.07. The number of piperidine rings is 1. The molecular formula is C21H24ClNO3. The molecule has 26 heavy (non-hydrogen) atoms. The number of carboxylic acid groups (broad SMARTS) is 1. The summed E-state index contributed by atoms with van der Waals surface area (Å²) in [6.07, 6.45) is 1.65. The van der Waals surface area contributed by atoms with Gasteiger partial charge in [0, 0.05) is 23.7 Å². The molecule has 0 bridgehead atoms. The molecule has 3 rings (SSSR count). The van der Waals surface area contributed by atoms with E-state index in [0.717, 1.165) is 41.8 Å². The van der Waals surface area contributed by atoms with Gasteiger partial charge in [-0.1, -0.05) is 41.9 Å². The number of aliphatic carboxylic acids is 1.